The molecule has 2 atom stereocenters. The number of carbonyl (C=O) groups is 5. The lowest BCUT2D eigenvalue weighted by Gasteiger charge is -2.46. The van der Waals surface area contributed by atoms with Gasteiger partial charge in [0.2, 0.25) is 11.8 Å². The van der Waals surface area contributed by atoms with E-state index in [1.165, 1.54) is 15.4 Å². The Balaban J connectivity index is 0.626. The van der Waals surface area contributed by atoms with Gasteiger partial charge in [-0.3, -0.25) is 24.1 Å². The van der Waals surface area contributed by atoms with Gasteiger partial charge in [-0.1, -0.05) is 108 Å². The number of likely N-dealkylation sites (N-methyl/N-ethyl adjacent to an activating group) is 2. The topological polar surface area (TPSA) is 159 Å². The minimum atomic E-state index is -5.14. The molecule has 0 radical (unpaired) electrons. The number of hydrogen-bond acceptors (Lipinski definition) is 10. The number of piperidine rings is 2. The summed E-state index contributed by atoms with van der Waals surface area (Å²) in [5, 5.41) is 14.2. The van der Waals surface area contributed by atoms with E-state index < -0.39 is 52.1 Å². The first-order valence-electron chi connectivity index (χ1n) is 33.9. The van der Waals surface area contributed by atoms with E-state index in [-0.39, 0.29) is 78.7 Å². The van der Waals surface area contributed by atoms with E-state index in [0.29, 0.717) is 120 Å². The Morgan fingerprint density at radius 3 is 1.99 bits per heavy atom. The highest BCUT2D eigenvalue weighted by molar-refractivity contribution is 6.42. The molecule has 3 saturated heterocycles. The van der Waals surface area contributed by atoms with E-state index in [0.717, 1.165) is 61.3 Å². The van der Waals surface area contributed by atoms with Crippen LogP contribution in [0.25, 0.3) is 11.1 Å². The fourth-order valence-electron chi connectivity index (χ4n) is 14.4. The van der Waals surface area contributed by atoms with E-state index >= 15 is 0 Å². The summed E-state index contributed by atoms with van der Waals surface area (Å²) in [4.78, 5) is 79.3. The largest absolute Gasteiger partial charge is 0.465 e. The zero-order valence-electron chi connectivity index (χ0n) is 56.1. The summed E-state index contributed by atoms with van der Waals surface area (Å²) in [6, 6.07) is 38.6. The smallest absolute Gasteiger partial charge is 0.416 e. The van der Waals surface area contributed by atoms with Crippen molar-refractivity contribution in [1.82, 2.24) is 29.4 Å². The quantitative estimate of drug-likeness (QED) is 0.0393. The Kier molecular flexibility index (Phi) is 24.5. The molecule has 0 saturated carbocycles. The number of amides is 5. The third kappa shape index (κ3) is 18.3. The lowest BCUT2D eigenvalue weighted by Crippen LogP contribution is -2.54. The molecule has 0 aromatic heterocycles. The van der Waals surface area contributed by atoms with Gasteiger partial charge in [-0.25, -0.2) is 4.79 Å². The first kappa shape index (κ1) is 74.0. The summed E-state index contributed by atoms with van der Waals surface area (Å²) in [6.07, 6.45) is -4.38. The van der Waals surface area contributed by atoms with Crippen molar-refractivity contribution in [1.29, 1.82) is 0 Å². The molecular formula is C75H86Cl2F6N8O8. The van der Waals surface area contributed by atoms with Crippen LogP contribution in [-0.4, -0.2) is 189 Å². The Morgan fingerprint density at radius 1 is 0.657 bits per heavy atom. The number of anilines is 2. The average Bonchev–Trinajstić information content (AvgIpc) is 1.64. The summed E-state index contributed by atoms with van der Waals surface area (Å²) < 4.78 is 96.4. The van der Waals surface area contributed by atoms with Gasteiger partial charge in [-0.05, 0) is 154 Å². The van der Waals surface area contributed by atoms with Crippen molar-refractivity contribution in [2.24, 2.45) is 0 Å². The third-order valence-corrected chi connectivity index (χ3v) is 20.9. The first-order chi connectivity index (χ1) is 47.3. The number of rotatable bonds is 26. The van der Waals surface area contributed by atoms with Crippen LogP contribution in [-0.2, 0) is 48.9 Å². The van der Waals surface area contributed by atoms with Crippen molar-refractivity contribution in [3.63, 3.8) is 0 Å². The fourth-order valence-corrected chi connectivity index (χ4v) is 14.7. The molecule has 0 bridgehead atoms. The number of unbranched alkanes of at least 4 members (excludes halogenated alkanes) is 2. The number of benzene rings is 6. The second kappa shape index (κ2) is 32.7. The van der Waals surface area contributed by atoms with Gasteiger partial charge < -0.3 is 49.3 Å². The molecule has 3 heterocycles. The van der Waals surface area contributed by atoms with Crippen LogP contribution in [0.2, 0.25) is 10.0 Å². The maximum Gasteiger partial charge on any atom is 0.416 e. The summed E-state index contributed by atoms with van der Waals surface area (Å²) in [7, 11) is 5.30. The molecule has 530 valence electrons. The third-order valence-electron chi connectivity index (χ3n) is 20.2. The van der Waals surface area contributed by atoms with Gasteiger partial charge in [0.15, 0.2) is 0 Å². The zero-order valence-corrected chi connectivity index (χ0v) is 57.6. The van der Waals surface area contributed by atoms with Crippen molar-refractivity contribution < 1.29 is 64.9 Å². The molecule has 99 heavy (non-hydrogen) atoms. The molecule has 2 N–H and O–H groups in total. The van der Waals surface area contributed by atoms with Gasteiger partial charge >= 0.3 is 18.4 Å². The second-order valence-corrected chi connectivity index (χ2v) is 27.4. The summed E-state index contributed by atoms with van der Waals surface area (Å²) in [5.74, 6) is -1.23. The fraction of sp³-hybridized carbons (Fsp3) is 0.453. The maximum atomic E-state index is 14.0. The number of likely N-dealkylation sites (tertiary alicyclic amines) is 2. The molecule has 1 aliphatic carbocycles. The molecular weight excluding hydrogens is 1330 g/mol. The van der Waals surface area contributed by atoms with Gasteiger partial charge in [-0.15, -0.1) is 0 Å². The molecule has 0 unspecified atom stereocenters. The van der Waals surface area contributed by atoms with Crippen molar-refractivity contribution in [2.75, 3.05) is 123 Å². The van der Waals surface area contributed by atoms with Gasteiger partial charge in [-0.2, -0.15) is 26.3 Å². The van der Waals surface area contributed by atoms with Crippen molar-refractivity contribution >= 4 is 64.3 Å². The normalized spacial score (nSPS) is 18.2. The first-order valence-corrected chi connectivity index (χ1v) is 34.6. The molecule has 1 spiro atoms. The van der Waals surface area contributed by atoms with Gasteiger partial charge in [0.25, 0.3) is 11.8 Å². The Morgan fingerprint density at radius 2 is 1.30 bits per heavy atom. The molecule has 16 nitrogen and oxygen atoms in total. The number of hydrogen-bond donors (Lipinski definition) is 2. The lowest BCUT2D eigenvalue weighted by molar-refractivity contribution is -0.143. The summed E-state index contributed by atoms with van der Waals surface area (Å²) in [5.41, 5.74) is 1.23. The summed E-state index contributed by atoms with van der Waals surface area (Å²) in [6.45, 7) is 5.52. The molecule has 6 aromatic rings. The predicted octanol–water partition coefficient (Wildman–Crippen LogP) is 14.1. The van der Waals surface area contributed by atoms with E-state index in [9.17, 15) is 55.4 Å². The van der Waals surface area contributed by atoms with Crippen molar-refractivity contribution in [3.8, 4) is 11.1 Å². The highest BCUT2D eigenvalue weighted by Gasteiger charge is 2.50. The van der Waals surface area contributed by atoms with Crippen LogP contribution in [0.1, 0.15) is 113 Å². The highest BCUT2D eigenvalue weighted by Crippen LogP contribution is 2.49. The van der Waals surface area contributed by atoms with Crippen molar-refractivity contribution in [2.45, 2.75) is 106 Å². The van der Waals surface area contributed by atoms with Crippen LogP contribution < -0.4 is 10.2 Å². The van der Waals surface area contributed by atoms with Crippen LogP contribution in [0.15, 0.2) is 140 Å². The van der Waals surface area contributed by atoms with Crippen LogP contribution >= 0.6 is 23.2 Å². The number of nitrogens with one attached hydrogen (secondary N) is 1. The number of para-hydroxylation sites is 1. The lowest BCUT2D eigenvalue weighted by atomic mass is 9.72. The Labute approximate surface area is 584 Å². The zero-order chi connectivity index (χ0) is 70.7. The van der Waals surface area contributed by atoms with E-state index in [2.05, 4.69) is 27.2 Å². The predicted molar refractivity (Wildman–Crippen MR) is 370 cm³/mol. The van der Waals surface area contributed by atoms with E-state index in [1.54, 1.807) is 59.1 Å². The number of morpholine rings is 1. The number of fused-ring (bicyclic) bond motifs is 2. The van der Waals surface area contributed by atoms with Crippen LogP contribution in [0, 0.1) is 0 Å². The van der Waals surface area contributed by atoms with Gasteiger partial charge in [0.1, 0.15) is 12.2 Å². The standard InChI is InChI=1S/C75H86Cl2F6N8O8/c1-85(34-14-35-87(3)69(94)53-22-25-59(26-23-53)84-33-13-5-8-21-67(92)86(2)41-42-88-36-28-60(29-37-88)91(71(96)97)65-20-12-10-18-61(65)52-15-6-4-7-16-52)68(93)50-98-66-47-54-17-9-11-19-62(54)72(66)30-38-89(39-31-72)40-32-73(56-24-27-63(76)64(77)49-56)51-90(43-44-99-73)70(95)55-45-57(74(78,79)80)48-58(46-55)75(81,82)83/h4,6-7,9-12,15-20,22-27,45-46,48-49,60,66,84H,5,8,13-14,21,28-44,47,50-51H2,1-3H3,(H,96,97)/t66-,73+/m0/s1. The van der Waals surface area contributed by atoms with Crippen LogP contribution in [0.3, 0.4) is 0 Å². The van der Waals surface area contributed by atoms with Gasteiger partial charge in [0.05, 0.1) is 46.1 Å². The van der Waals surface area contributed by atoms with E-state index in [1.807, 2.05) is 85.9 Å². The van der Waals surface area contributed by atoms with Gasteiger partial charge in [0, 0.05) is 120 Å². The number of carboxylic acid groups (broad SMARTS) is 1. The average molecular weight is 1410 g/mol. The van der Waals surface area contributed by atoms with Crippen LogP contribution in [0.5, 0.6) is 0 Å². The number of ether oxygens (including phenoxy) is 2. The molecule has 5 amide bonds. The number of nitrogens with zero attached hydrogens (tertiary/aromatic N) is 7. The molecule has 24 heteroatoms. The highest BCUT2D eigenvalue weighted by atomic mass is 35.5. The van der Waals surface area contributed by atoms with E-state index in [4.69, 9.17) is 32.7 Å². The SMILES string of the molecule is CN(CCN1CCC(N(C(=O)O)c2ccccc2-c2ccccc2)CC1)C(=O)CCCCCNc1ccc(C(=O)N(C)CCCN(C)C(=O)CO[C@H]2Cc3ccccc3C23CCN(CC[C@]2(c4ccc(Cl)c(Cl)c4)CN(C(=O)c4cc(C(F)(F)F)cc(C(F)(F)F)c4)CCO2)CC3)cc1. The molecule has 3 fully saturated rings. The number of alkyl halides is 6. The number of halogens is 8. The minimum absolute atomic E-state index is 0.00556. The Hall–Kier alpha value is -7.73. The number of carbonyl (C=O) groups excluding carboxylic acids is 4. The minimum Gasteiger partial charge on any atom is -0.465 e. The van der Waals surface area contributed by atoms with Crippen LogP contribution in [0.4, 0.5) is 42.5 Å². The second-order valence-electron chi connectivity index (χ2n) is 26.5. The van der Waals surface area contributed by atoms with Crippen molar-refractivity contribution in [3.05, 3.63) is 189 Å². The molecule has 3 aliphatic heterocycles. The molecule has 4 aliphatic rings. The monoisotopic (exact) mass is 1410 g/mol. The molecule has 10 rings (SSSR count). The molecule has 6 aromatic carbocycles. The Bertz CT molecular complexity index is 3750. The maximum absolute atomic E-state index is 14.0. The summed E-state index contributed by atoms with van der Waals surface area (Å²) >= 11 is 12.8.